The minimum Gasteiger partial charge on any atom is -0.350 e. The summed E-state index contributed by atoms with van der Waals surface area (Å²) >= 11 is 5.96. The number of hydrogen-bond acceptors (Lipinski definition) is 4. The quantitative estimate of drug-likeness (QED) is 0.520. The van der Waals surface area contributed by atoms with Crippen molar-refractivity contribution in [3.63, 3.8) is 0 Å². The first-order valence-corrected chi connectivity index (χ1v) is 8.67. The van der Waals surface area contributed by atoms with Crippen molar-refractivity contribution in [3.8, 4) is 0 Å². The standard InChI is InChI=1S/C19H15ClN4O3/c1-9-3-6-13(21-8-9)10(2)24-19(27)15-16(18(26)23-24)22-14-7-11(20)4-5-12(14)17(15)25/h3-8,10H,1-2H3,(H,22,25)(H,23,26). The zero-order valence-corrected chi connectivity index (χ0v) is 15.3. The van der Waals surface area contributed by atoms with Crippen molar-refractivity contribution in [1.29, 1.82) is 0 Å². The molecule has 4 rings (SSSR count). The topological polar surface area (TPSA) is 101 Å². The number of halogens is 1. The molecule has 27 heavy (non-hydrogen) atoms. The first-order chi connectivity index (χ1) is 12.9. The van der Waals surface area contributed by atoms with Crippen LogP contribution in [0.4, 0.5) is 0 Å². The molecule has 0 aliphatic carbocycles. The molecule has 0 bridgehead atoms. The van der Waals surface area contributed by atoms with Gasteiger partial charge in [-0.3, -0.25) is 24.5 Å². The molecule has 3 aromatic heterocycles. The Morgan fingerprint density at radius 2 is 1.93 bits per heavy atom. The lowest BCUT2D eigenvalue weighted by atomic mass is 10.1. The van der Waals surface area contributed by atoms with Crippen LogP contribution in [0.25, 0.3) is 21.8 Å². The van der Waals surface area contributed by atoms with Gasteiger partial charge in [-0.15, -0.1) is 0 Å². The molecule has 0 amide bonds. The summed E-state index contributed by atoms with van der Waals surface area (Å²) < 4.78 is 1.14. The van der Waals surface area contributed by atoms with E-state index in [1.807, 2.05) is 13.0 Å². The molecule has 3 heterocycles. The van der Waals surface area contributed by atoms with Crippen LogP contribution >= 0.6 is 11.6 Å². The number of benzene rings is 1. The van der Waals surface area contributed by atoms with Crippen LogP contribution in [-0.2, 0) is 0 Å². The average Bonchev–Trinajstić information content (AvgIpc) is 2.64. The van der Waals surface area contributed by atoms with Gasteiger partial charge < -0.3 is 4.98 Å². The SMILES string of the molecule is Cc1ccc(C(C)n2[nH]c(=O)c3[nH]c4cc(Cl)ccc4c(=O)c3c2=O)nc1. The third-order valence-electron chi connectivity index (χ3n) is 4.59. The molecular formula is C19H15ClN4O3. The lowest BCUT2D eigenvalue weighted by Crippen LogP contribution is -2.35. The smallest absolute Gasteiger partial charge is 0.287 e. The van der Waals surface area contributed by atoms with Crippen LogP contribution in [0.1, 0.15) is 24.2 Å². The average molecular weight is 383 g/mol. The largest absolute Gasteiger partial charge is 0.350 e. The van der Waals surface area contributed by atoms with Crippen LogP contribution < -0.4 is 16.5 Å². The number of aryl methyl sites for hydroxylation is 1. The molecule has 8 heteroatoms. The van der Waals surface area contributed by atoms with E-state index in [1.54, 1.807) is 31.3 Å². The fraction of sp³-hybridized carbons (Fsp3) is 0.158. The van der Waals surface area contributed by atoms with Crippen LogP contribution in [0, 0.1) is 6.92 Å². The Balaban J connectivity index is 2.05. The number of nitrogens with zero attached hydrogens (tertiary/aromatic N) is 2. The van der Waals surface area contributed by atoms with Crippen molar-refractivity contribution in [1.82, 2.24) is 19.7 Å². The Hall–Kier alpha value is -3.19. The van der Waals surface area contributed by atoms with Gasteiger partial charge in [0, 0.05) is 16.6 Å². The van der Waals surface area contributed by atoms with Crippen LogP contribution in [0.3, 0.4) is 0 Å². The molecule has 136 valence electrons. The van der Waals surface area contributed by atoms with E-state index in [0.29, 0.717) is 21.6 Å². The lowest BCUT2D eigenvalue weighted by molar-refractivity contribution is 0.519. The van der Waals surface area contributed by atoms with Gasteiger partial charge >= 0.3 is 0 Å². The van der Waals surface area contributed by atoms with Gasteiger partial charge in [-0.25, -0.2) is 4.68 Å². The molecule has 1 atom stereocenters. The number of aromatic nitrogens is 4. The zero-order valence-electron chi connectivity index (χ0n) is 14.5. The fourth-order valence-electron chi connectivity index (χ4n) is 3.11. The second-order valence-electron chi connectivity index (χ2n) is 6.45. The Morgan fingerprint density at radius 1 is 1.15 bits per heavy atom. The second kappa shape index (κ2) is 6.21. The minimum atomic E-state index is -0.586. The molecule has 2 N–H and O–H groups in total. The number of rotatable bonds is 2. The monoisotopic (exact) mass is 382 g/mol. The third-order valence-corrected chi connectivity index (χ3v) is 4.83. The van der Waals surface area contributed by atoms with Gasteiger partial charge in [0.05, 0.1) is 17.3 Å². The summed E-state index contributed by atoms with van der Waals surface area (Å²) in [4.78, 5) is 45.6. The first-order valence-electron chi connectivity index (χ1n) is 8.29. The summed E-state index contributed by atoms with van der Waals surface area (Å²) in [6, 6.07) is 7.74. The van der Waals surface area contributed by atoms with E-state index in [-0.39, 0.29) is 10.9 Å². The van der Waals surface area contributed by atoms with Crippen LogP contribution in [0.2, 0.25) is 5.02 Å². The highest BCUT2D eigenvalue weighted by Gasteiger charge is 2.18. The number of pyridine rings is 2. The molecule has 0 aliphatic heterocycles. The van der Waals surface area contributed by atoms with Gasteiger partial charge in [0.1, 0.15) is 10.9 Å². The molecule has 4 aromatic rings. The Kier molecular flexibility index (Phi) is 3.96. The van der Waals surface area contributed by atoms with Gasteiger partial charge in [0.2, 0.25) is 5.43 Å². The van der Waals surface area contributed by atoms with Gasteiger partial charge in [0.25, 0.3) is 11.1 Å². The molecular weight excluding hydrogens is 368 g/mol. The number of nitrogens with one attached hydrogen (secondary N) is 2. The molecule has 0 fully saturated rings. The van der Waals surface area contributed by atoms with Crippen molar-refractivity contribution in [2.75, 3.05) is 0 Å². The predicted molar refractivity (Wildman–Crippen MR) is 105 cm³/mol. The minimum absolute atomic E-state index is 0.0694. The van der Waals surface area contributed by atoms with E-state index in [9.17, 15) is 14.4 Å². The second-order valence-corrected chi connectivity index (χ2v) is 6.88. The van der Waals surface area contributed by atoms with Crippen molar-refractivity contribution in [3.05, 3.63) is 83.7 Å². The number of aromatic amines is 2. The summed E-state index contributed by atoms with van der Waals surface area (Å²) in [6.07, 6.45) is 1.68. The maximum absolute atomic E-state index is 13.0. The Bertz CT molecular complexity index is 1370. The van der Waals surface area contributed by atoms with Crippen LogP contribution in [0.5, 0.6) is 0 Å². The van der Waals surface area contributed by atoms with E-state index >= 15 is 0 Å². The maximum Gasteiger partial charge on any atom is 0.287 e. The number of H-pyrrole nitrogens is 2. The van der Waals surface area contributed by atoms with Crippen LogP contribution in [0.15, 0.2) is 50.9 Å². The highest BCUT2D eigenvalue weighted by molar-refractivity contribution is 6.31. The van der Waals surface area contributed by atoms with E-state index in [0.717, 1.165) is 10.2 Å². The molecule has 1 aromatic carbocycles. The lowest BCUT2D eigenvalue weighted by Gasteiger charge is -2.15. The molecule has 0 spiro atoms. The fourth-order valence-corrected chi connectivity index (χ4v) is 3.28. The van der Waals surface area contributed by atoms with E-state index in [2.05, 4.69) is 15.1 Å². The molecule has 1 unspecified atom stereocenters. The van der Waals surface area contributed by atoms with Gasteiger partial charge in [-0.1, -0.05) is 17.7 Å². The zero-order chi connectivity index (χ0) is 19.3. The van der Waals surface area contributed by atoms with Crippen molar-refractivity contribution < 1.29 is 0 Å². The number of fused-ring (bicyclic) bond motifs is 2. The van der Waals surface area contributed by atoms with Crippen molar-refractivity contribution in [2.45, 2.75) is 19.9 Å². The van der Waals surface area contributed by atoms with Crippen molar-refractivity contribution >= 4 is 33.4 Å². The highest BCUT2D eigenvalue weighted by atomic mass is 35.5. The Morgan fingerprint density at radius 3 is 2.63 bits per heavy atom. The van der Waals surface area contributed by atoms with Crippen molar-refractivity contribution in [2.24, 2.45) is 0 Å². The number of hydrogen-bond donors (Lipinski definition) is 2. The van der Waals surface area contributed by atoms with E-state index in [4.69, 9.17) is 11.6 Å². The van der Waals surface area contributed by atoms with Gasteiger partial charge in [0.15, 0.2) is 0 Å². The summed E-state index contributed by atoms with van der Waals surface area (Å²) in [6.45, 7) is 3.64. The summed E-state index contributed by atoms with van der Waals surface area (Å²) in [7, 11) is 0. The maximum atomic E-state index is 13.0. The first kappa shape index (κ1) is 17.2. The highest BCUT2D eigenvalue weighted by Crippen LogP contribution is 2.17. The molecule has 7 nitrogen and oxygen atoms in total. The summed E-state index contributed by atoms with van der Waals surface area (Å²) in [5.74, 6) is 0. The summed E-state index contributed by atoms with van der Waals surface area (Å²) in [5.41, 5.74) is 0.244. The van der Waals surface area contributed by atoms with Gasteiger partial charge in [-0.05, 0) is 43.7 Å². The molecule has 0 saturated carbocycles. The molecule has 0 radical (unpaired) electrons. The summed E-state index contributed by atoms with van der Waals surface area (Å²) in [5, 5.41) is 3.07. The van der Waals surface area contributed by atoms with E-state index in [1.165, 1.54) is 6.07 Å². The van der Waals surface area contributed by atoms with E-state index < -0.39 is 22.6 Å². The predicted octanol–water partition coefficient (Wildman–Crippen LogP) is 2.50. The Labute approximate surface area is 157 Å². The third kappa shape index (κ3) is 2.76. The molecule has 0 aliphatic rings. The van der Waals surface area contributed by atoms with Gasteiger partial charge in [-0.2, -0.15) is 0 Å². The normalized spacial score (nSPS) is 12.6. The molecule has 0 saturated heterocycles. The van der Waals surface area contributed by atoms with Crippen LogP contribution in [-0.4, -0.2) is 19.7 Å².